The lowest BCUT2D eigenvalue weighted by atomic mass is 10.3. The van der Waals surface area contributed by atoms with Crippen LogP contribution in [0.25, 0.3) is 0 Å². The Kier molecular flexibility index (Phi) is 14.2. The first-order chi connectivity index (χ1) is 9.24. The Morgan fingerprint density at radius 3 is 2.48 bits per heavy atom. The number of halogens is 2. The molecule has 0 bridgehead atoms. The van der Waals surface area contributed by atoms with Gasteiger partial charge in [0, 0.05) is 19.3 Å². The van der Waals surface area contributed by atoms with Gasteiger partial charge in [0.15, 0.2) is 0 Å². The van der Waals surface area contributed by atoms with Crippen molar-refractivity contribution in [1.82, 2.24) is 20.9 Å². The lowest BCUT2D eigenvalue weighted by Crippen LogP contribution is -2.39. The van der Waals surface area contributed by atoms with Gasteiger partial charge in [0.25, 0.3) is 5.91 Å². The number of nitrogens with zero attached hydrogens (tertiary/aromatic N) is 1. The van der Waals surface area contributed by atoms with Crippen LogP contribution in [0.3, 0.4) is 0 Å². The second kappa shape index (κ2) is 13.6. The summed E-state index contributed by atoms with van der Waals surface area (Å²) in [6, 6.07) is 5.05. The third kappa shape index (κ3) is 10.1. The molecule has 1 aromatic heterocycles. The molecule has 0 saturated heterocycles. The van der Waals surface area contributed by atoms with Gasteiger partial charge in [0.1, 0.15) is 5.69 Å². The molecule has 0 aliphatic rings. The van der Waals surface area contributed by atoms with Crippen molar-refractivity contribution < 1.29 is 9.59 Å². The van der Waals surface area contributed by atoms with Crippen LogP contribution in [0.2, 0.25) is 0 Å². The molecule has 0 saturated carbocycles. The molecule has 1 heterocycles. The Morgan fingerprint density at radius 2 is 1.86 bits per heavy atom. The quantitative estimate of drug-likeness (QED) is 0.612. The predicted octanol–water partition coefficient (Wildman–Crippen LogP) is 0.771. The van der Waals surface area contributed by atoms with E-state index >= 15 is 0 Å². The predicted molar refractivity (Wildman–Crippen MR) is 87.2 cm³/mol. The summed E-state index contributed by atoms with van der Waals surface area (Å²) in [6.45, 7) is 4.26. The first-order valence-corrected chi connectivity index (χ1v) is 6.40. The molecule has 0 atom stereocenters. The van der Waals surface area contributed by atoms with Crippen molar-refractivity contribution in [3.05, 3.63) is 30.1 Å². The van der Waals surface area contributed by atoms with E-state index in [4.69, 9.17) is 0 Å². The normalized spacial score (nSPS) is 9.00. The minimum absolute atomic E-state index is 0. The van der Waals surface area contributed by atoms with E-state index in [-0.39, 0.29) is 43.2 Å². The molecule has 0 aliphatic heterocycles. The third-order valence-electron chi connectivity index (χ3n) is 2.36. The molecule has 2 amide bonds. The van der Waals surface area contributed by atoms with E-state index in [1.54, 1.807) is 18.2 Å². The lowest BCUT2D eigenvalue weighted by molar-refractivity contribution is -0.120. The van der Waals surface area contributed by atoms with Crippen molar-refractivity contribution >= 4 is 36.6 Å². The van der Waals surface area contributed by atoms with Crippen molar-refractivity contribution in [2.45, 2.75) is 13.3 Å². The fourth-order valence-corrected chi connectivity index (χ4v) is 1.40. The molecule has 3 N–H and O–H groups in total. The fourth-order valence-electron chi connectivity index (χ4n) is 1.40. The molecule has 0 radical (unpaired) electrons. The van der Waals surface area contributed by atoms with Gasteiger partial charge in [-0.15, -0.1) is 24.8 Å². The van der Waals surface area contributed by atoms with Gasteiger partial charge in [-0.3, -0.25) is 14.6 Å². The molecule has 21 heavy (non-hydrogen) atoms. The van der Waals surface area contributed by atoms with Crippen LogP contribution < -0.4 is 16.0 Å². The number of amides is 2. The average Bonchev–Trinajstić information content (AvgIpc) is 2.45. The van der Waals surface area contributed by atoms with Crippen LogP contribution in [0.1, 0.15) is 23.8 Å². The van der Waals surface area contributed by atoms with E-state index in [0.29, 0.717) is 12.2 Å². The number of rotatable bonds is 8. The van der Waals surface area contributed by atoms with Gasteiger partial charge in [-0.2, -0.15) is 0 Å². The number of aromatic nitrogens is 1. The van der Waals surface area contributed by atoms with Crippen LogP contribution in [0.15, 0.2) is 24.4 Å². The summed E-state index contributed by atoms with van der Waals surface area (Å²) in [5.74, 6) is -0.553. The van der Waals surface area contributed by atoms with Crippen LogP contribution in [0.4, 0.5) is 0 Å². The number of hydrogen-bond donors (Lipinski definition) is 3. The van der Waals surface area contributed by atoms with Crippen molar-refractivity contribution in [1.29, 1.82) is 0 Å². The molecule has 0 spiro atoms. The Labute approximate surface area is 137 Å². The van der Waals surface area contributed by atoms with Gasteiger partial charge < -0.3 is 16.0 Å². The average molecular weight is 337 g/mol. The summed E-state index contributed by atoms with van der Waals surface area (Å²) in [5, 5.41) is 8.40. The summed E-state index contributed by atoms with van der Waals surface area (Å²) < 4.78 is 0. The molecule has 1 rings (SSSR count). The van der Waals surface area contributed by atoms with E-state index in [0.717, 1.165) is 19.5 Å². The minimum Gasteiger partial charge on any atom is -0.353 e. The molecule has 0 unspecified atom stereocenters. The number of pyridine rings is 1. The van der Waals surface area contributed by atoms with Crippen molar-refractivity contribution in [3.8, 4) is 0 Å². The number of hydrogen-bond acceptors (Lipinski definition) is 4. The largest absolute Gasteiger partial charge is 0.353 e. The van der Waals surface area contributed by atoms with Crippen molar-refractivity contribution in [2.24, 2.45) is 0 Å². The molecule has 6 nitrogen and oxygen atoms in total. The third-order valence-corrected chi connectivity index (χ3v) is 2.36. The van der Waals surface area contributed by atoms with E-state index < -0.39 is 0 Å². The zero-order valence-electron chi connectivity index (χ0n) is 11.9. The van der Waals surface area contributed by atoms with Crippen LogP contribution in [-0.4, -0.2) is 43.0 Å². The minimum atomic E-state index is -0.347. The highest BCUT2D eigenvalue weighted by Gasteiger charge is 2.07. The maximum Gasteiger partial charge on any atom is 0.270 e. The lowest BCUT2D eigenvalue weighted by Gasteiger charge is -2.07. The summed E-state index contributed by atoms with van der Waals surface area (Å²) >= 11 is 0. The maximum absolute atomic E-state index is 11.6. The van der Waals surface area contributed by atoms with Crippen LogP contribution in [-0.2, 0) is 4.79 Å². The smallest absolute Gasteiger partial charge is 0.270 e. The van der Waals surface area contributed by atoms with Crippen molar-refractivity contribution in [3.63, 3.8) is 0 Å². The standard InChI is InChI=1S/C13H20N4O2.2ClH/c1-2-6-14-8-9-16-12(18)10-17-13(19)11-5-3-4-7-15-11;;/h3-5,7,14H,2,6,8-10H2,1H3,(H,16,18)(H,17,19);2*1H. The molecule has 120 valence electrons. The van der Waals surface area contributed by atoms with Crippen LogP contribution >= 0.6 is 24.8 Å². The molecule has 8 heteroatoms. The summed E-state index contributed by atoms with van der Waals surface area (Å²) in [5.41, 5.74) is 0.305. The number of carbonyl (C=O) groups is 2. The topological polar surface area (TPSA) is 83.1 Å². The van der Waals surface area contributed by atoms with Gasteiger partial charge in [0.2, 0.25) is 5.91 Å². The molecular weight excluding hydrogens is 315 g/mol. The van der Waals surface area contributed by atoms with E-state index in [1.807, 2.05) is 0 Å². The molecule has 0 aliphatic carbocycles. The SMILES string of the molecule is CCCNCCNC(=O)CNC(=O)c1ccccn1.Cl.Cl. The number of nitrogens with one attached hydrogen (secondary N) is 3. The second-order valence-electron chi connectivity index (χ2n) is 4.00. The first kappa shape index (κ1) is 21.9. The Morgan fingerprint density at radius 1 is 1.10 bits per heavy atom. The molecule has 1 aromatic rings. The Balaban J connectivity index is 0. The van der Waals surface area contributed by atoms with Gasteiger partial charge in [-0.05, 0) is 25.1 Å². The van der Waals surface area contributed by atoms with E-state index in [9.17, 15) is 9.59 Å². The number of carbonyl (C=O) groups excluding carboxylic acids is 2. The highest BCUT2D eigenvalue weighted by Crippen LogP contribution is 1.91. The van der Waals surface area contributed by atoms with Gasteiger partial charge in [0.05, 0.1) is 6.54 Å². The summed E-state index contributed by atoms with van der Waals surface area (Å²) in [4.78, 5) is 26.9. The zero-order chi connectivity index (χ0) is 13.9. The van der Waals surface area contributed by atoms with Gasteiger partial charge in [-0.1, -0.05) is 13.0 Å². The Hall–Kier alpha value is -1.37. The highest BCUT2D eigenvalue weighted by atomic mass is 35.5. The van der Waals surface area contributed by atoms with Crippen molar-refractivity contribution in [2.75, 3.05) is 26.2 Å². The first-order valence-electron chi connectivity index (χ1n) is 6.40. The maximum atomic E-state index is 11.6. The molecule has 0 fully saturated rings. The monoisotopic (exact) mass is 336 g/mol. The molecule has 0 aromatic carbocycles. The second-order valence-corrected chi connectivity index (χ2v) is 4.00. The fraction of sp³-hybridized carbons (Fsp3) is 0.462. The van der Waals surface area contributed by atoms with E-state index in [2.05, 4.69) is 27.9 Å². The Bertz CT molecular complexity index is 404. The van der Waals surface area contributed by atoms with Gasteiger partial charge in [-0.25, -0.2) is 0 Å². The zero-order valence-corrected chi connectivity index (χ0v) is 13.6. The molecular formula is C13H22Cl2N4O2. The summed E-state index contributed by atoms with van der Waals surface area (Å²) in [7, 11) is 0. The highest BCUT2D eigenvalue weighted by molar-refractivity contribution is 5.94. The van der Waals surface area contributed by atoms with E-state index in [1.165, 1.54) is 6.20 Å². The van der Waals surface area contributed by atoms with Crippen LogP contribution in [0.5, 0.6) is 0 Å². The van der Waals surface area contributed by atoms with Crippen LogP contribution in [0, 0.1) is 0 Å². The van der Waals surface area contributed by atoms with Gasteiger partial charge >= 0.3 is 0 Å². The summed E-state index contributed by atoms with van der Waals surface area (Å²) in [6.07, 6.45) is 2.60.